The van der Waals surface area contributed by atoms with Gasteiger partial charge in [-0.3, -0.25) is 4.79 Å². The molecule has 0 aliphatic rings. The molecular formula is C16H16BrNO6. The highest BCUT2D eigenvalue weighted by Crippen LogP contribution is 2.21. The van der Waals surface area contributed by atoms with Gasteiger partial charge < -0.3 is 18.9 Å². The number of hydrogen-bond donors (Lipinski definition) is 1. The van der Waals surface area contributed by atoms with Gasteiger partial charge in [-0.15, -0.1) is 0 Å². The minimum Gasteiger partial charge on any atom is -0.465 e. The molecule has 24 heavy (non-hydrogen) atoms. The first-order chi connectivity index (χ1) is 11.3. The van der Waals surface area contributed by atoms with Crippen LogP contribution in [0.5, 0.6) is 0 Å². The number of ketones is 1. The maximum atomic E-state index is 12.5. The summed E-state index contributed by atoms with van der Waals surface area (Å²) in [5.41, 5.74) is 1.47. The largest absolute Gasteiger partial charge is 0.465 e. The lowest BCUT2D eigenvalue weighted by Crippen LogP contribution is -2.25. The lowest BCUT2D eigenvalue weighted by atomic mass is 10.1. The highest BCUT2D eigenvalue weighted by atomic mass is 79.9. The van der Waals surface area contributed by atoms with Crippen LogP contribution in [0.4, 0.5) is 0 Å². The Morgan fingerprint density at radius 3 is 2.42 bits per heavy atom. The molecular weight excluding hydrogens is 382 g/mol. The summed E-state index contributed by atoms with van der Waals surface area (Å²) >= 11 is 3.08. The summed E-state index contributed by atoms with van der Waals surface area (Å²) in [6.07, 6.45) is -1.05. The molecule has 0 saturated heterocycles. The van der Waals surface area contributed by atoms with Crippen molar-refractivity contribution in [3.05, 3.63) is 45.1 Å². The number of aromatic amines is 1. The maximum Gasteiger partial charge on any atom is 0.374 e. The third kappa shape index (κ3) is 3.43. The van der Waals surface area contributed by atoms with Gasteiger partial charge in [-0.2, -0.15) is 0 Å². The standard InChI is InChI=1S/C16H16BrNO6/c1-7-12(16(21)22-4)8(2)18-13(7)14(19)9(3)23-15(20)10-5-6-11(17)24-10/h5-6,9,18H,1-4H3. The van der Waals surface area contributed by atoms with E-state index in [1.165, 1.54) is 20.1 Å². The second-order valence-corrected chi connectivity index (χ2v) is 5.91. The van der Waals surface area contributed by atoms with Crippen LogP contribution in [0.2, 0.25) is 0 Å². The van der Waals surface area contributed by atoms with E-state index in [4.69, 9.17) is 13.9 Å². The summed E-state index contributed by atoms with van der Waals surface area (Å²) in [6.45, 7) is 4.74. The van der Waals surface area contributed by atoms with Crippen molar-refractivity contribution in [3.8, 4) is 0 Å². The van der Waals surface area contributed by atoms with Crippen LogP contribution >= 0.6 is 15.9 Å². The number of H-pyrrole nitrogens is 1. The van der Waals surface area contributed by atoms with E-state index in [0.29, 0.717) is 21.5 Å². The average Bonchev–Trinajstić information content (AvgIpc) is 3.09. The van der Waals surface area contributed by atoms with Crippen LogP contribution in [0.3, 0.4) is 0 Å². The van der Waals surface area contributed by atoms with Crippen molar-refractivity contribution in [2.75, 3.05) is 7.11 Å². The zero-order valence-electron chi connectivity index (χ0n) is 13.6. The van der Waals surface area contributed by atoms with E-state index in [9.17, 15) is 14.4 Å². The predicted molar refractivity (Wildman–Crippen MR) is 87.2 cm³/mol. The summed E-state index contributed by atoms with van der Waals surface area (Å²) in [4.78, 5) is 39.1. The zero-order chi connectivity index (χ0) is 18.0. The second-order valence-electron chi connectivity index (χ2n) is 5.13. The van der Waals surface area contributed by atoms with Gasteiger partial charge in [0.1, 0.15) is 0 Å². The van der Waals surface area contributed by atoms with Gasteiger partial charge in [0.15, 0.2) is 10.8 Å². The van der Waals surface area contributed by atoms with Gasteiger partial charge in [0.05, 0.1) is 18.4 Å². The van der Waals surface area contributed by atoms with Gasteiger partial charge in [0.25, 0.3) is 0 Å². The smallest absolute Gasteiger partial charge is 0.374 e. The number of rotatable bonds is 5. The molecule has 7 nitrogen and oxygen atoms in total. The van der Waals surface area contributed by atoms with Crippen LogP contribution in [0.15, 0.2) is 21.2 Å². The van der Waals surface area contributed by atoms with Crippen LogP contribution in [-0.2, 0) is 9.47 Å². The third-order valence-electron chi connectivity index (χ3n) is 3.50. The normalized spacial score (nSPS) is 11.9. The summed E-state index contributed by atoms with van der Waals surface area (Å²) < 4.78 is 15.3. The highest BCUT2D eigenvalue weighted by molar-refractivity contribution is 9.10. The molecule has 8 heteroatoms. The Morgan fingerprint density at radius 1 is 1.21 bits per heavy atom. The fourth-order valence-corrected chi connectivity index (χ4v) is 2.61. The number of nitrogens with one attached hydrogen (secondary N) is 1. The van der Waals surface area contributed by atoms with Gasteiger partial charge in [-0.1, -0.05) is 0 Å². The van der Waals surface area contributed by atoms with Crippen LogP contribution in [0.25, 0.3) is 0 Å². The number of ether oxygens (including phenoxy) is 2. The van der Waals surface area contributed by atoms with Crippen molar-refractivity contribution >= 4 is 33.7 Å². The highest BCUT2D eigenvalue weighted by Gasteiger charge is 2.28. The van der Waals surface area contributed by atoms with Crippen molar-refractivity contribution in [1.82, 2.24) is 4.98 Å². The molecule has 0 saturated carbocycles. The zero-order valence-corrected chi connectivity index (χ0v) is 15.1. The number of aromatic nitrogens is 1. The Labute approximate surface area is 146 Å². The monoisotopic (exact) mass is 397 g/mol. The first-order valence-electron chi connectivity index (χ1n) is 7.04. The summed E-state index contributed by atoms with van der Waals surface area (Å²) in [7, 11) is 1.27. The first-order valence-corrected chi connectivity index (χ1v) is 7.83. The fraction of sp³-hybridized carbons (Fsp3) is 0.312. The minimum absolute atomic E-state index is 0.0174. The van der Waals surface area contributed by atoms with Gasteiger partial charge >= 0.3 is 11.9 Å². The molecule has 0 aliphatic heterocycles. The third-order valence-corrected chi connectivity index (χ3v) is 3.93. The number of furan rings is 1. The molecule has 0 aromatic carbocycles. The van der Waals surface area contributed by atoms with E-state index >= 15 is 0 Å². The molecule has 2 aromatic heterocycles. The van der Waals surface area contributed by atoms with Crippen molar-refractivity contribution in [2.24, 2.45) is 0 Å². The number of halogens is 1. The van der Waals surface area contributed by atoms with E-state index in [1.807, 2.05) is 0 Å². The number of carbonyl (C=O) groups is 3. The van der Waals surface area contributed by atoms with Gasteiger partial charge in [-0.25, -0.2) is 9.59 Å². The number of Topliss-reactive ketones (excluding diaryl/α,β-unsaturated/α-hetero) is 1. The Bertz CT molecular complexity index is 804. The lowest BCUT2D eigenvalue weighted by Gasteiger charge is -2.11. The average molecular weight is 398 g/mol. The van der Waals surface area contributed by atoms with Crippen LogP contribution in [0, 0.1) is 13.8 Å². The molecule has 0 spiro atoms. The number of hydrogen-bond acceptors (Lipinski definition) is 6. The number of aryl methyl sites for hydroxylation is 1. The minimum atomic E-state index is -1.05. The SMILES string of the molecule is COC(=O)c1c(C)[nH]c(C(=O)C(C)OC(=O)c2ccc(Br)o2)c1C. The number of methoxy groups -OCH3 is 1. The molecule has 1 atom stereocenters. The maximum absolute atomic E-state index is 12.5. The quantitative estimate of drug-likeness (QED) is 0.614. The fourth-order valence-electron chi connectivity index (χ4n) is 2.30. The van der Waals surface area contributed by atoms with Gasteiger partial charge in [0.2, 0.25) is 11.5 Å². The molecule has 0 radical (unpaired) electrons. The van der Waals surface area contributed by atoms with E-state index in [-0.39, 0.29) is 11.5 Å². The Balaban J connectivity index is 2.19. The topological polar surface area (TPSA) is 98.6 Å². The molecule has 0 aliphatic carbocycles. The Kier molecular flexibility index (Phi) is 5.28. The molecule has 0 bridgehead atoms. The summed E-state index contributed by atoms with van der Waals surface area (Å²) in [5.74, 6) is -1.76. The van der Waals surface area contributed by atoms with E-state index in [0.717, 1.165) is 0 Å². The number of carbonyl (C=O) groups excluding carboxylic acids is 3. The Morgan fingerprint density at radius 2 is 1.88 bits per heavy atom. The molecule has 1 unspecified atom stereocenters. The van der Waals surface area contributed by atoms with E-state index in [1.54, 1.807) is 19.9 Å². The molecule has 2 aromatic rings. The molecule has 0 fully saturated rings. The second kappa shape index (κ2) is 7.04. The number of esters is 2. The van der Waals surface area contributed by atoms with E-state index < -0.39 is 23.8 Å². The van der Waals surface area contributed by atoms with Crippen molar-refractivity contribution in [3.63, 3.8) is 0 Å². The molecule has 1 N–H and O–H groups in total. The lowest BCUT2D eigenvalue weighted by molar-refractivity contribution is 0.0286. The van der Waals surface area contributed by atoms with Gasteiger partial charge in [-0.05, 0) is 54.4 Å². The van der Waals surface area contributed by atoms with Crippen molar-refractivity contribution in [2.45, 2.75) is 26.9 Å². The molecule has 2 heterocycles. The van der Waals surface area contributed by atoms with Crippen LogP contribution in [-0.4, -0.2) is 35.9 Å². The van der Waals surface area contributed by atoms with Crippen molar-refractivity contribution < 1.29 is 28.3 Å². The van der Waals surface area contributed by atoms with E-state index in [2.05, 4.69) is 20.9 Å². The first kappa shape index (κ1) is 18.0. The molecule has 0 amide bonds. The Hall–Kier alpha value is -2.35. The van der Waals surface area contributed by atoms with Crippen molar-refractivity contribution in [1.29, 1.82) is 0 Å². The van der Waals surface area contributed by atoms with Crippen LogP contribution < -0.4 is 0 Å². The van der Waals surface area contributed by atoms with Crippen LogP contribution in [0.1, 0.15) is 49.6 Å². The predicted octanol–water partition coefficient (Wildman–Crippen LogP) is 3.20. The summed E-state index contributed by atoms with van der Waals surface area (Å²) in [6, 6.07) is 2.98. The molecule has 2 rings (SSSR count). The summed E-state index contributed by atoms with van der Waals surface area (Å²) in [5, 5.41) is 0. The van der Waals surface area contributed by atoms with Gasteiger partial charge in [0, 0.05) is 5.69 Å². The molecule has 128 valence electrons.